The van der Waals surface area contributed by atoms with Crippen LogP contribution in [0.4, 0.5) is 4.79 Å². The van der Waals surface area contributed by atoms with Crippen LogP contribution >= 0.6 is 0 Å². The lowest BCUT2D eigenvalue weighted by Gasteiger charge is -2.28. The molecule has 3 aromatic heterocycles. The molecule has 1 aliphatic rings. The van der Waals surface area contributed by atoms with Crippen molar-refractivity contribution >= 4 is 17.5 Å². The Morgan fingerprint density at radius 3 is 2.78 bits per heavy atom. The number of aromatic nitrogens is 5. The van der Waals surface area contributed by atoms with Crippen molar-refractivity contribution in [3.05, 3.63) is 46.1 Å². The van der Waals surface area contributed by atoms with Crippen molar-refractivity contribution < 1.29 is 14.3 Å². The zero-order valence-electron chi connectivity index (χ0n) is 18.8. The summed E-state index contributed by atoms with van der Waals surface area (Å²) in [6.07, 6.45) is 3.40. The predicted octanol–water partition coefficient (Wildman–Crippen LogP) is 1.60. The molecule has 170 valence electrons. The highest BCUT2D eigenvalue weighted by Gasteiger charge is 2.34. The van der Waals surface area contributed by atoms with E-state index in [9.17, 15) is 14.4 Å². The number of amides is 2. The molecule has 1 fully saturated rings. The van der Waals surface area contributed by atoms with Crippen molar-refractivity contribution in [2.24, 2.45) is 0 Å². The van der Waals surface area contributed by atoms with Crippen LogP contribution in [0.2, 0.25) is 0 Å². The topological polar surface area (TPSA) is 118 Å². The number of carbonyl (C=O) groups is 2. The number of rotatable bonds is 3. The first-order valence-corrected chi connectivity index (χ1v) is 10.4. The summed E-state index contributed by atoms with van der Waals surface area (Å²) in [5.74, 6) is 0.0393. The number of nitrogens with one attached hydrogen (secondary N) is 1. The average molecular weight is 441 g/mol. The summed E-state index contributed by atoms with van der Waals surface area (Å²) in [4.78, 5) is 43.7. The molecule has 0 spiro atoms. The van der Waals surface area contributed by atoms with Gasteiger partial charge in [0.15, 0.2) is 0 Å². The summed E-state index contributed by atoms with van der Waals surface area (Å²) in [6.45, 7) is 8.13. The summed E-state index contributed by atoms with van der Waals surface area (Å²) in [7, 11) is 1.69. The number of hydrogen-bond donors (Lipinski definition) is 1. The van der Waals surface area contributed by atoms with Gasteiger partial charge in [-0.15, -0.1) is 5.10 Å². The van der Waals surface area contributed by atoms with Gasteiger partial charge in [0.2, 0.25) is 5.95 Å². The van der Waals surface area contributed by atoms with E-state index < -0.39 is 11.7 Å². The van der Waals surface area contributed by atoms with Gasteiger partial charge in [-0.05, 0) is 46.2 Å². The van der Waals surface area contributed by atoms with Gasteiger partial charge in [0.05, 0.1) is 23.5 Å². The lowest BCUT2D eigenvalue weighted by atomic mass is 10.2. The second kappa shape index (κ2) is 7.81. The lowest BCUT2D eigenvalue weighted by molar-refractivity contribution is 0.0226. The molecule has 2 amide bonds. The third-order valence-corrected chi connectivity index (χ3v) is 5.51. The first-order valence-electron chi connectivity index (χ1n) is 10.4. The van der Waals surface area contributed by atoms with E-state index in [2.05, 4.69) is 15.2 Å². The highest BCUT2D eigenvalue weighted by Crippen LogP contribution is 2.21. The first-order chi connectivity index (χ1) is 15.0. The molecule has 1 aliphatic heterocycles. The Labute approximate surface area is 184 Å². The summed E-state index contributed by atoms with van der Waals surface area (Å²) >= 11 is 0. The van der Waals surface area contributed by atoms with Gasteiger partial charge in [0, 0.05) is 26.3 Å². The molecule has 0 radical (unpaired) electrons. The minimum absolute atomic E-state index is 0.127. The van der Waals surface area contributed by atoms with E-state index in [0.717, 1.165) is 0 Å². The van der Waals surface area contributed by atoms with Crippen molar-refractivity contribution in [1.82, 2.24) is 34.2 Å². The van der Waals surface area contributed by atoms with Crippen molar-refractivity contribution in [2.75, 3.05) is 20.1 Å². The molecule has 1 atom stereocenters. The van der Waals surface area contributed by atoms with E-state index in [4.69, 9.17) is 4.74 Å². The number of ether oxygens (including phenoxy) is 1. The monoisotopic (exact) mass is 441 g/mol. The van der Waals surface area contributed by atoms with Crippen LogP contribution in [0, 0.1) is 6.92 Å². The number of hydrogen-bond acceptors (Lipinski definition) is 6. The summed E-state index contributed by atoms with van der Waals surface area (Å²) in [5, 5.41) is 8.63. The zero-order chi connectivity index (χ0) is 23.2. The maximum atomic E-state index is 13.2. The molecule has 11 nitrogen and oxygen atoms in total. The molecule has 32 heavy (non-hydrogen) atoms. The van der Waals surface area contributed by atoms with E-state index in [1.165, 1.54) is 15.4 Å². The SMILES string of the molecule is Cc1c(C(=O)N2CC[C@@H](N(C)C(=O)OC(C)(C)C)C2)cnn1-c1nn2cccc2c(=O)[nH]1. The van der Waals surface area contributed by atoms with E-state index in [-0.39, 0.29) is 23.5 Å². The Kier molecular flexibility index (Phi) is 5.27. The third-order valence-electron chi connectivity index (χ3n) is 5.51. The highest BCUT2D eigenvalue weighted by atomic mass is 16.6. The molecule has 11 heteroatoms. The van der Waals surface area contributed by atoms with Gasteiger partial charge in [0.25, 0.3) is 11.5 Å². The van der Waals surface area contributed by atoms with Crippen molar-refractivity contribution in [3.8, 4) is 5.95 Å². The largest absolute Gasteiger partial charge is 0.444 e. The normalized spacial score (nSPS) is 16.5. The smallest absolute Gasteiger partial charge is 0.410 e. The van der Waals surface area contributed by atoms with E-state index in [1.54, 1.807) is 42.1 Å². The van der Waals surface area contributed by atoms with Crippen LogP contribution in [0.5, 0.6) is 0 Å². The summed E-state index contributed by atoms with van der Waals surface area (Å²) in [6, 6.07) is 3.27. The Balaban J connectivity index is 1.50. The fourth-order valence-electron chi connectivity index (χ4n) is 3.76. The number of aromatic amines is 1. The Morgan fingerprint density at radius 2 is 2.06 bits per heavy atom. The number of H-pyrrole nitrogens is 1. The standard InChI is InChI=1S/C21H27N7O4/c1-13-15(11-22-28(13)19-23-17(29)16-7-6-9-27(16)24-19)18(30)26-10-8-14(12-26)25(5)20(31)32-21(2,3)4/h6-7,9,11,14H,8,10,12H2,1-5H3,(H,23,24,29)/t14-/m1/s1. The Hall–Kier alpha value is -3.63. The first kappa shape index (κ1) is 21.6. The maximum absolute atomic E-state index is 13.2. The molecular formula is C21H27N7O4. The summed E-state index contributed by atoms with van der Waals surface area (Å²) in [5.41, 5.74) is 0.529. The second-order valence-electron chi connectivity index (χ2n) is 8.96. The van der Waals surface area contributed by atoms with Crippen LogP contribution < -0.4 is 5.56 Å². The van der Waals surface area contributed by atoms with Crippen LogP contribution in [0.3, 0.4) is 0 Å². The Morgan fingerprint density at radius 1 is 1.31 bits per heavy atom. The van der Waals surface area contributed by atoms with E-state index >= 15 is 0 Å². The molecule has 4 rings (SSSR count). The zero-order valence-corrected chi connectivity index (χ0v) is 18.8. The van der Waals surface area contributed by atoms with Crippen LogP contribution in [0.15, 0.2) is 29.3 Å². The van der Waals surface area contributed by atoms with Gasteiger partial charge in [-0.2, -0.15) is 5.10 Å². The fraction of sp³-hybridized carbons (Fsp3) is 0.476. The minimum atomic E-state index is -0.580. The maximum Gasteiger partial charge on any atom is 0.410 e. The van der Waals surface area contributed by atoms with Gasteiger partial charge in [-0.1, -0.05) is 0 Å². The average Bonchev–Trinajstić information content (AvgIpc) is 3.45. The van der Waals surface area contributed by atoms with Crippen LogP contribution in [0.25, 0.3) is 11.5 Å². The minimum Gasteiger partial charge on any atom is -0.444 e. The van der Waals surface area contributed by atoms with Gasteiger partial charge < -0.3 is 14.5 Å². The van der Waals surface area contributed by atoms with Crippen LogP contribution in [-0.2, 0) is 4.74 Å². The third kappa shape index (κ3) is 3.97. The van der Waals surface area contributed by atoms with Gasteiger partial charge in [-0.3, -0.25) is 14.6 Å². The molecule has 3 aromatic rings. The van der Waals surface area contributed by atoms with Gasteiger partial charge >= 0.3 is 6.09 Å². The molecule has 0 saturated carbocycles. The van der Waals surface area contributed by atoms with Crippen molar-refractivity contribution in [1.29, 1.82) is 0 Å². The molecular weight excluding hydrogens is 414 g/mol. The lowest BCUT2D eigenvalue weighted by Crippen LogP contribution is -2.42. The number of nitrogens with zero attached hydrogens (tertiary/aromatic N) is 6. The molecule has 0 aliphatic carbocycles. The fourth-order valence-corrected chi connectivity index (χ4v) is 3.76. The van der Waals surface area contributed by atoms with E-state index in [0.29, 0.717) is 36.3 Å². The summed E-state index contributed by atoms with van der Waals surface area (Å²) < 4.78 is 8.34. The highest BCUT2D eigenvalue weighted by molar-refractivity contribution is 5.95. The number of carbonyl (C=O) groups excluding carboxylic acids is 2. The van der Waals surface area contributed by atoms with Crippen molar-refractivity contribution in [2.45, 2.75) is 45.8 Å². The van der Waals surface area contributed by atoms with Crippen LogP contribution in [0.1, 0.15) is 43.2 Å². The number of likely N-dealkylation sites (N-methyl/N-ethyl adjacent to an activating group) is 1. The molecule has 1 N–H and O–H groups in total. The van der Waals surface area contributed by atoms with Gasteiger partial charge in [-0.25, -0.2) is 14.0 Å². The van der Waals surface area contributed by atoms with E-state index in [1.807, 2.05) is 20.8 Å². The Bertz CT molecular complexity index is 1230. The predicted molar refractivity (Wildman–Crippen MR) is 116 cm³/mol. The quantitative estimate of drug-likeness (QED) is 0.660. The second-order valence-corrected chi connectivity index (χ2v) is 8.96. The van der Waals surface area contributed by atoms with Crippen LogP contribution in [-0.4, -0.2) is 78.0 Å². The van der Waals surface area contributed by atoms with Gasteiger partial charge in [0.1, 0.15) is 11.1 Å². The molecule has 0 bridgehead atoms. The molecule has 0 aromatic carbocycles. The molecule has 4 heterocycles. The number of fused-ring (bicyclic) bond motifs is 1. The molecule has 1 saturated heterocycles. The van der Waals surface area contributed by atoms with Crippen molar-refractivity contribution in [3.63, 3.8) is 0 Å². The number of likely N-dealkylation sites (tertiary alicyclic amines) is 1. The molecule has 0 unspecified atom stereocenters.